The van der Waals surface area contributed by atoms with E-state index in [4.69, 9.17) is 39.9 Å². The first-order chi connectivity index (χ1) is 15.2. The van der Waals surface area contributed by atoms with Crippen molar-refractivity contribution in [3.63, 3.8) is 0 Å². The minimum atomic E-state index is -3.68. The molecule has 0 saturated heterocycles. The molecule has 0 radical (unpaired) electrons. The van der Waals surface area contributed by atoms with Crippen LogP contribution < -0.4 is 9.73 Å². The molecule has 4 rings (SSSR count). The topological polar surface area (TPSA) is 61.8 Å². The van der Waals surface area contributed by atoms with Gasteiger partial charge < -0.3 is 0 Å². The Morgan fingerprint density at radius 2 is 1.62 bits per heavy atom. The van der Waals surface area contributed by atoms with E-state index in [1.54, 1.807) is 47.5 Å². The molecule has 10 heteroatoms. The highest BCUT2D eigenvalue weighted by Gasteiger charge is 2.31. The normalized spacial score (nSPS) is 16.3. The number of halogens is 4. The van der Waals surface area contributed by atoms with E-state index in [0.29, 0.717) is 32.9 Å². The lowest BCUT2D eigenvalue weighted by atomic mass is 10.0. The Morgan fingerprint density at radius 1 is 0.969 bits per heavy atom. The number of nitrogens with one attached hydrogen (secondary N) is 1. The van der Waals surface area contributed by atoms with Crippen LogP contribution in [0, 0.1) is 0 Å². The van der Waals surface area contributed by atoms with Gasteiger partial charge in [-0.05, 0) is 60.2 Å². The fraction of sp³-hybridized carbons (Fsp3) is 0.136. The van der Waals surface area contributed by atoms with Crippen LogP contribution in [0.25, 0.3) is 0 Å². The summed E-state index contributed by atoms with van der Waals surface area (Å²) in [5.41, 5.74) is 2.34. The highest BCUT2D eigenvalue weighted by molar-refractivity contribution is 9.10. The molecule has 0 spiro atoms. The molecule has 1 atom stereocenters. The number of nitrogens with zero attached hydrogens (tertiary/aromatic N) is 2. The fourth-order valence-corrected chi connectivity index (χ4v) is 5.29. The van der Waals surface area contributed by atoms with Gasteiger partial charge in [-0.15, -0.1) is 0 Å². The van der Waals surface area contributed by atoms with Crippen LogP contribution in [0.2, 0.25) is 15.1 Å². The van der Waals surface area contributed by atoms with E-state index in [-0.39, 0.29) is 17.5 Å². The molecule has 32 heavy (non-hydrogen) atoms. The number of sulfonamides is 1. The summed E-state index contributed by atoms with van der Waals surface area (Å²) in [5, 5.41) is 8.10. The molecule has 3 aromatic carbocycles. The van der Waals surface area contributed by atoms with Crippen LogP contribution in [0.1, 0.15) is 18.0 Å². The van der Waals surface area contributed by atoms with Crippen LogP contribution >= 0.6 is 50.7 Å². The van der Waals surface area contributed by atoms with E-state index in [1.165, 1.54) is 0 Å². The smallest absolute Gasteiger partial charge is 0.240 e. The van der Waals surface area contributed by atoms with Gasteiger partial charge in [0.2, 0.25) is 10.0 Å². The minimum absolute atomic E-state index is 0.0736. The Bertz CT molecular complexity index is 1270. The lowest BCUT2D eigenvalue weighted by Gasteiger charge is -2.25. The maximum atomic E-state index is 12.7. The quantitative estimate of drug-likeness (QED) is 0.357. The van der Waals surface area contributed by atoms with Crippen molar-refractivity contribution in [1.82, 2.24) is 4.72 Å². The molecule has 1 unspecified atom stereocenters. The summed E-state index contributed by atoms with van der Waals surface area (Å²) in [6, 6.07) is 18.9. The number of hydrogen-bond donors (Lipinski definition) is 1. The predicted octanol–water partition coefficient (Wildman–Crippen LogP) is 6.70. The van der Waals surface area contributed by atoms with Gasteiger partial charge in [0.25, 0.3) is 0 Å². The Labute approximate surface area is 210 Å². The number of rotatable bonds is 6. The van der Waals surface area contributed by atoms with Crippen molar-refractivity contribution in [2.75, 3.05) is 11.6 Å². The van der Waals surface area contributed by atoms with Crippen LogP contribution in [0.15, 0.2) is 81.2 Å². The van der Waals surface area contributed by atoms with Crippen molar-refractivity contribution in [3.8, 4) is 0 Å². The summed E-state index contributed by atoms with van der Waals surface area (Å²) in [6.07, 6.45) is 0.517. The van der Waals surface area contributed by atoms with Gasteiger partial charge in [-0.25, -0.2) is 13.1 Å². The van der Waals surface area contributed by atoms with E-state index in [0.717, 1.165) is 10.0 Å². The van der Waals surface area contributed by atoms with Crippen molar-refractivity contribution >= 4 is 72.2 Å². The van der Waals surface area contributed by atoms with Crippen LogP contribution in [0.5, 0.6) is 0 Å². The molecule has 5 nitrogen and oxygen atoms in total. The lowest BCUT2D eigenvalue weighted by molar-refractivity contribution is 0.586. The molecule has 1 aliphatic heterocycles. The Morgan fingerprint density at radius 3 is 2.28 bits per heavy atom. The SMILES string of the molecule is O=S(=O)(NCC1=NN(c2ccc(Cl)cc2Cl)C(c2ccc(Cl)cc2)C1)c1ccc(Br)cc1. The second kappa shape index (κ2) is 9.71. The van der Waals surface area contributed by atoms with Crippen molar-refractivity contribution < 1.29 is 8.42 Å². The number of hydrogen-bond acceptors (Lipinski definition) is 4. The number of hydrazone groups is 1. The molecule has 0 aliphatic carbocycles. The molecular weight excluding hydrogens is 557 g/mol. The highest BCUT2D eigenvalue weighted by atomic mass is 79.9. The van der Waals surface area contributed by atoms with Crippen LogP contribution in [-0.2, 0) is 10.0 Å². The second-order valence-electron chi connectivity index (χ2n) is 7.16. The van der Waals surface area contributed by atoms with E-state index in [1.807, 2.05) is 24.3 Å². The van der Waals surface area contributed by atoms with E-state index < -0.39 is 10.0 Å². The zero-order valence-electron chi connectivity index (χ0n) is 16.5. The van der Waals surface area contributed by atoms with E-state index >= 15 is 0 Å². The summed E-state index contributed by atoms with van der Waals surface area (Å²) in [5.74, 6) is 0. The van der Waals surface area contributed by atoms with E-state index in [9.17, 15) is 8.42 Å². The van der Waals surface area contributed by atoms with Gasteiger partial charge in [0.05, 0.1) is 33.9 Å². The van der Waals surface area contributed by atoms with Gasteiger partial charge in [0.1, 0.15) is 0 Å². The highest BCUT2D eigenvalue weighted by Crippen LogP contribution is 2.39. The third-order valence-electron chi connectivity index (χ3n) is 4.97. The third-order valence-corrected chi connectivity index (χ3v) is 7.71. The summed E-state index contributed by atoms with van der Waals surface area (Å²) in [7, 11) is -3.68. The zero-order valence-corrected chi connectivity index (χ0v) is 21.1. The van der Waals surface area contributed by atoms with Crippen molar-refractivity contribution in [1.29, 1.82) is 0 Å². The van der Waals surface area contributed by atoms with Gasteiger partial charge in [-0.3, -0.25) is 5.01 Å². The van der Waals surface area contributed by atoms with Crippen LogP contribution in [-0.4, -0.2) is 20.7 Å². The van der Waals surface area contributed by atoms with Gasteiger partial charge in [0.15, 0.2) is 0 Å². The molecule has 0 aromatic heterocycles. The average Bonchev–Trinajstić information content (AvgIpc) is 3.17. The molecule has 0 fully saturated rings. The molecule has 1 heterocycles. The summed E-state index contributed by atoms with van der Waals surface area (Å²) < 4.78 is 28.8. The van der Waals surface area contributed by atoms with Crippen LogP contribution in [0.4, 0.5) is 5.69 Å². The largest absolute Gasteiger partial charge is 0.256 e. The van der Waals surface area contributed by atoms with Gasteiger partial charge in [-0.2, -0.15) is 5.10 Å². The molecular formula is C22H17BrCl3N3O2S. The second-order valence-corrected chi connectivity index (χ2v) is 11.1. The van der Waals surface area contributed by atoms with Crippen molar-refractivity contribution in [3.05, 3.63) is 91.8 Å². The zero-order chi connectivity index (χ0) is 22.9. The Balaban J connectivity index is 1.61. The maximum absolute atomic E-state index is 12.7. The fourth-order valence-electron chi connectivity index (χ4n) is 3.39. The molecule has 3 aromatic rings. The first-order valence-electron chi connectivity index (χ1n) is 9.54. The van der Waals surface area contributed by atoms with Crippen molar-refractivity contribution in [2.45, 2.75) is 17.4 Å². The predicted molar refractivity (Wildman–Crippen MR) is 135 cm³/mol. The Kier molecular flexibility index (Phi) is 7.14. The number of anilines is 1. The van der Waals surface area contributed by atoms with Gasteiger partial charge >= 0.3 is 0 Å². The Hall–Kier alpha value is -1.61. The van der Waals surface area contributed by atoms with Gasteiger partial charge in [0, 0.05) is 20.9 Å². The molecule has 1 aliphatic rings. The first kappa shape index (κ1) is 23.5. The summed E-state index contributed by atoms with van der Waals surface area (Å²) in [6.45, 7) is 0.0736. The van der Waals surface area contributed by atoms with Crippen molar-refractivity contribution in [2.24, 2.45) is 5.10 Å². The minimum Gasteiger partial charge on any atom is -0.256 e. The average molecular weight is 574 g/mol. The molecule has 166 valence electrons. The lowest BCUT2D eigenvalue weighted by Crippen LogP contribution is -2.29. The molecule has 0 amide bonds. The number of benzene rings is 3. The standard InChI is InChI=1S/C22H17BrCl3N3O2S/c23-15-3-8-19(9-4-15)32(30,31)27-13-18-12-22(14-1-5-16(24)6-2-14)29(28-18)21-10-7-17(25)11-20(21)26/h1-11,22,27H,12-13H2. The van der Waals surface area contributed by atoms with E-state index in [2.05, 4.69) is 20.7 Å². The van der Waals surface area contributed by atoms with Gasteiger partial charge in [-0.1, -0.05) is 62.9 Å². The molecule has 0 saturated carbocycles. The first-order valence-corrected chi connectivity index (χ1v) is 13.0. The maximum Gasteiger partial charge on any atom is 0.240 e. The molecule has 0 bridgehead atoms. The summed E-state index contributed by atoms with van der Waals surface area (Å²) >= 11 is 21.9. The van der Waals surface area contributed by atoms with Crippen LogP contribution in [0.3, 0.4) is 0 Å². The molecule has 1 N–H and O–H groups in total. The summed E-state index contributed by atoms with van der Waals surface area (Å²) in [4.78, 5) is 0.186. The monoisotopic (exact) mass is 571 g/mol. The third kappa shape index (κ3) is 5.30.